The van der Waals surface area contributed by atoms with Gasteiger partial charge in [0, 0.05) is 6.20 Å². The number of aromatic nitrogens is 2. The van der Waals surface area contributed by atoms with Crippen molar-refractivity contribution in [3.05, 3.63) is 42.1 Å². The molecule has 3 N–H and O–H groups in total. The first-order valence-electron chi connectivity index (χ1n) is 4.65. The molecular formula is C10H10N4OS. The summed E-state index contributed by atoms with van der Waals surface area (Å²) in [5.41, 5.74) is 6.02. The van der Waals surface area contributed by atoms with Crippen LogP contribution in [0.25, 0.3) is 0 Å². The van der Waals surface area contributed by atoms with E-state index in [1.54, 1.807) is 18.5 Å². The average Bonchev–Trinajstić information content (AvgIpc) is 2.79. The van der Waals surface area contributed by atoms with Crippen molar-refractivity contribution < 1.29 is 4.42 Å². The Morgan fingerprint density at radius 3 is 3.06 bits per heavy atom. The fourth-order valence-electron chi connectivity index (χ4n) is 1.16. The largest absolute Gasteiger partial charge is 0.467 e. The van der Waals surface area contributed by atoms with Gasteiger partial charge >= 0.3 is 0 Å². The van der Waals surface area contributed by atoms with E-state index >= 15 is 0 Å². The van der Waals surface area contributed by atoms with E-state index in [1.807, 2.05) is 12.1 Å². The second-order valence-electron chi connectivity index (χ2n) is 3.06. The van der Waals surface area contributed by atoms with E-state index in [2.05, 4.69) is 15.3 Å². The maximum atomic E-state index is 5.47. The van der Waals surface area contributed by atoms with E-state index in [-0.39, 0.29) is 4.99 Å². The van der Waals surface area contributed by atoms with Gasteiger partial charge in [-0.1, -0.05) is 12.2 Å². The molecular weight excluding hydrogens is 224 g/mol. The fourth-order valence-corrected chi connectivity index (χ4v) is 1.27. The van der Waals surface area contributed by atoms with Crippen LogP contribution in [-0.2, 0) is 6.54 Å². The van der Waals surface area contributed by atoms with Gasteiger partial charge in [-0.05, 0) is 18.2 Å². The van der Waals surface area contributed by atoms with Crippen LogP contribution < -0.4 is 11.1 Å². The van der Waals surface area contributed by atoms with Gasteiger partial charge in [-0.3, -0.25) is 0 Å². The molecule has 0 aliphatic rings. The summed E-state index contributed by atoms with van der Waals surface area (Å²) < 4.78 is 5.16. The van der Waals surface area contributed by atoms with Crippen LogP contribution in [0.2, 0.25) is 0 Å². The normalized spacial score (nSPS) is 10.0. The lowest BCUT2D eigenvalue weighted by Crippen LogP contribution is -2.13. The van der Waals surface area contributed by atoms with Crippen LogP contribution in [0.15, 0.2) is 35.1 Å². The van der Waals surface area contributed by atoms with E-state index in [0.717, 1.165) is 5.76 Å². The zero-order chi connectivity index (χ0) is 11.4. The van der Waals surface area contributed by atoms with Crippen LogP contribution in [0.5, 0.6) is 0 Å². The van der Waals surface area contributed by atoms with Gasteiger partial charge in [0.2, 0.25) is 5.95 Å². The Hall–Kier alpha value is -1.95. The third kappa shape index (κ3) is 2.54. The molecule has 0 aliphatic carbocycles. The summed E-state index contributed by atoms with van der Waals surface area (Å²) >= 11 is 4.83. The highest BCUT2D eigenvalue weighted by Crippen LogP contribution is 2.05. The fraction of sp³-hybridized carbons (Fsp3) is 0.100. The van der Waals surface area contributed by atoms with Crippen LogP contribution in [0.1, 0.15) is 11.5 Å². The molecule has 0 aromatic carbocycles. The zero-order valence-corrected chi connectivity index (χ0v) is 9.20. The molecule has 0 saturated heterocycles. The Morgan fingerprint density at radius 1 is 1.50 bits per heavy atom. The molecule has 0 saturated carbocycles. The molecule has 0 aliphatic heterocycles. The van der Waals surface area contributed by atoms with Gasteiger partial charge < -0.3 is 15.5 Å². The predicted octanol–water partition coefficient (Wildman–Crippen LogP) is 1.32. The SMILES string of the molecule is NC(=S)c1ccnc(NCc2ccco2)n1. The van der Waals surface area contributed by atoms with Crippen molar-refractivity contribution in [2.75, 3.05) is 5.32 Å². The Bertz CT molecular complexity index is 483. The molecule has 0 amide bonds. The van der Waals surface area contributed by atoms with Crippen molar-refractivity contribution in [3.63, 3.8) is 0 Å². The minimum Gasteiger partial charge on any atom is -0.467 e. The molecule has 0 bridgehead atoms. The second-order valence-corrected chi connectivity index (χ2v) is 3.50. The van der Waals surface area contributed by atoms with Gasteiger partial charge in [0.1, 0.15) is 16.4 Å². The Labute approximate surface area is 97.7 Å². The first kappa shape index (κ1) is 10.6. The summed E-state index contributed by atoms with van der Waals surface area (Å²) in [4.78, 5) is 8.44. The summed E-state index contributed by atoms with van der Waals surface area (Å²) in [7, 11) is 0. The molecule has 6 heteroatoms. The van der Waals surface area contributed by atoms with Crippen molar-refractivity contribution in [1.82, 2.24) is 9.97 Å². The number of furan rings is 1. The smallest absolute Gasteiger partial charge is 0.223 e. The average molecular weight is 234 g/mol. The lowest BCUT2D eigenvalue weighted by molar-refractivity contribution is 0.517. The van der Waals surface area contributed by atoms with E-state index in [1.165, 1.54) is 0 Å². The molecule has 2 rings (SSSR count). The molecule has 2 aromatic heterocycles. The van der Waals surface area contributed by atoms with Gasteiger partial charge in [0.05, 0.1) is 12.8 Å². The number of rotatable bonds is 4. The lowest BCUT2D eigenvalue weighted by Gasteiger charge is -2.03. The highest BCUT2D eigenvalue weighted by atomic mass is 32.1. The molecule has 0 radical (unpaired) electrons. The Balaban J connectivity index is 2.04. The molecule has 0 atom stereocenters. The van der Waals surface area contributed by atoms with Crippen LogP contribution in [0, 0.1) is 0 Å². The molecule has 16 heavy (non-hydrogen) atoms. The summed E-state index contributed by atoms with van der Waals surface area (Å²) in [6.45, 7) is 0.522. The number of hydrogen-bond donors (Lipinski definition) is 2. The monoisotopic (exact) mass is 234 g/mol. The lowest BCUT2D eigenvalue weighted by atomic mass is 10.4. The van der Waals surface area contributed by atoms with E-state index in [9.17, 15) is 0 Å². The maximum absolute atomic E-state index is 5.47. The minimum atomic E-state index is 0.253. The third-order valence-electron chi connectivity index (χ3n) is 1.91. The van der Waals surface area contributed by atoms with Crippen LogP contribution in [0.4, 0.5) is 5.95 Å². The van der Waals surface area contributed by atoms with Crippen molar-refractivity contribution in [2.24, 2.45) is 5.73 Å². The van der Waals surface area contributed by atoms with Crippen molar-refractivity contribution in [1.29, 1.82) is 0 Å². The topological polar surface area (TPSA) is 77.0 Å². The van der Waals surface area contributed by atoms with Crippen LogP contribution in [-0.4, -0.2) is 15.0 Å². The number of nitrogens with one attached hydrogen (secondary N) is 1. The van der Waals surface area contributed by atoms with Gasteiger partial charge in [0.15, 0.2) is 0 Å². The maximum Gasteiger partial charge on any atom is 0.223 e. The zero-order valence-electron chi connectivity index (χ0n) is 8.38. The first-order valence-corrected chi connectivity index (χ1v) is 5.05. The van der Waals surface area contributed by atoms with Crippen LogP contribution in [0.3, 0.4) is 0 Å². The van der Waals surface area contributed by atoms with Gasteiger partial charge in [-0.15, -0.1) is 0 Å². The Morgan fingerprint density at radius 2 is 2.38 bits per heavy atom. The van der Waals surface area contributed by atoms with Crippen LogP contribution >= 0.6 is 12.2 Å². The summed E-state index contributed by atoms with van der Waals surface area (Å²) in [6, 6.07) is 5.36. The van der Waals surface area contributed by atoms with Crippen molar-refractivity contribution in [3.8, 4) is 0 Å². The number of hydrogen-bond acceptors (Lipinski definition) is 5. The second kappa shape index (κ2) is 4.71. The standard InChI is InChI=1S/C10H10N4OS/c11-9(16)8-3-4-12-10(14-8)13-6-7-2-1-5-15-7/h1-5H,6H2,(H2,11,16)(H,12,13,14). The molecule has 0 spiro atoms. The highest BCUT2D eigenvalue weighted by Gasteiger charge is 2.02. The van der Waals surface area contributed by atoms with E-state index < -0.39 is 0 Å². The van der Waals surface area contributed by atoms with Gasteiger partial charge in [-0.25, -0.2) is 9.97 Å². The molecule has 5 nitrogen and oxygen atoms in total. The highest BCUT2D eigenvalue weighted by molar-refractivity contribution is 7.80. The Kier molecular flexibility index (Phi) is 3.11. The summed E-state index contributed by atoms with van der Waals surface area (Å²) in [5, 5.41) is 3.01. The molecule has 2 aromatic rings. The molecule has 0 fully saturated rings. The first-order chi connectivity index (χ1) is 7.75. The van der Waals surface area contributed by atoms with E-state index in [0.29, 0.717) is 18.2 Å². The number of nitrogens with two attached hydrogens (primary N) is 1. The van der Waals surface area contributed by atoms with Gasteiger partial charge in [-0.2, -0.15) is 0 Å². The minimum absolute atomic E-state index is 0.253. The quantitative estimate of drug-likeness (QED) is 0.777. The number of nitrogens with zero attached hydrogens (tertiary/aromatic N) is 2. The predicted molar refractivity (Wildman–Crippen MR) is 64.0 cm³/mol. The van der Waals surface area contributed by atoms with Crippen molar-refractivity contribution >= 4 is 23.2 Å². The molecule has 82 valence electrons. The number of thiocarbonyl (C=S) groups is 1. The third-order valence-corrected chi connectivity index (χ3v) is 2.12. The molecule has 0 unspecified atom stereocenters. The summed E-state index contributed by atoms with van der Waals surface area (Å²) in [5.74, 6) is 1.28. The number of anilines is 1. The van der Waals surface area contributed by atoms with Crippen molar-refractivity contribution in [2.45, 2.75) is 6.54 Å². The molecule has 2 heterocycles. The van der Waals surface area contributed by atoms with E-state index in [4.69, 9.17) is 22.4 Å². The van der Waals surface area contributed by atoms with Gasteiger partial charge in [0.25, 0.3) is 0 Å². The summed E-state index contributed by atoms with van der Waals surface area (Å²) in [6.07, 6.45) is 3.22.